The fraction of sp³-hybridized carbons (Fsp3) is 0.333. The number of rotatable bonds is 10. The lowest BCUT2D eigenvalue weighted by Crippen LogP contribution is -2.55. The number of carbonyl (C=O) groups is 2. The molecule has 0 radical (unpaired) electrons. The molecule has 3 aromatic rings. The van der Waals surface area contributed by atoms with Crippen molar-refractivity contribution in [3.05, 3.63) is 92.9 Å². The van der Waals surface area contributed by atoms with Gasteiger partial charge in [-0.05, 0) is 88.2 Å². The quantitative estimate of drug-likeness (QED) is 0.263. The van der Waals surface area contributed by atoms with Gasteiger partial charge in [0.05, 0.1) is 10.6 Å². The summed E-state index contributed by atoms with van der Waals surface area (Å²) in [6, 6.07) is 16.6. The average Bonchev–Trinajstić information content (AvgIpc) is 2.87. The van der Waals surface area contributed by atoms with Gasteiger partial charge in [-0.2, -0.15) is 0 Å². The molecule has 0 saturated carbocycles. The first-order valence-corrected chi connectivity index (χ1v) is 15.6. The van der Waals surface area contributed by atoms with Crippen LogP contribution in [0.5, 0.6) is 0 Å². The van der Waals surface area contributed by atoms with Crippen LogP contribution in [0.4, 0.5) is 5.69 Å². The smallest absolute Gasteiger partial charge is 0.264 e. The molecule has 2 amide bonds. The Hall–Kier alpha value is -2.78. The van der Waals surface area contributed by atoms with Crippen LogP contribution < -0.4 is 9.62 Å². The fourth-order valence-electron chi connectivity index (χ4n) is 4.27. The van der Waals surface area contributed by atoms with Crippen molar-refractivity contribution in [2.24, 2.45) is 0 Å². The van der Waals surface area contributed by atoms with Crippen molar-refractivity contribution in [2.45, 2.75) is 64.1 Å². The Balaban J connectivity index is 2.12. The highest BCUT2D eigenvalue weighted by molar-refractivity contribution is 7.92. The third kappa shape index (κ3) is 8.38. The molecule has 0 fully saturated rings. The molecule has 7 nitrogen and oxygen atoms in total. The van der Waals surface area contributed by atoms with E-state index >= 15 is 0 Å². The number of carbonyl (C=O) groups excluding carboxylic acids is 2. The summed E-state index contributed by atoms with van der Waals surface area (Å²) >= 11 is 18.9. The van der Waals surface area contributed by atoms with Gasteiger partial charge in [-0.3, -0.25) is 13.9 Å². The van der Waals surface area contributed by atoms with E-state index in [-0.39, 0.29) is 23.8 Å². The summed E-state index contributed by atoms with van der Waals surface area (Å²) in [5, 5.41) is 3.96. The lowest BCUT2D eigenvalue weighted by Gasteiger charge is -2.35. The second-order valence-electron chi connectivity index (χ2n) is 10.7. The SMILES string of the molecule is CC[C@H](C(=O)NC(C)(C)C)N(Cc1c(Cl)cccc1Cl)C(=O)CN(c1cccc(C)c1)S(=O)(=O)c1ccc(Cl)cc1. The number of hydrogen-bond donors (Lipinski definition) is 1. The molecule has 0 spiro atoms. The van der Waals surface area contributed by atoms with Gasteiger partial charge in [-0.15, -0.1) is 0 Å². The number of nitrogens with zero attached hydrogens (tertiary/aromatic N) is 2. The van der Waals surface area contributed by atoms with Crippen LogP contribution in [-0.2, 0) is 26.2 Å². The highest BCUT2D eigenvalue weighted by atomic mass is 35.5. The van der Waals surface area contributed by atoms with Gasteiger partial charge in [-0.25, -0.2) is 8.42 Å². The second-order valence-corrected chi connectivity index (χ2v) is 13.8. The van der Waals surface area contributed by atoms with E-state index in [1.54, 1.807) is 43.3 Å². The van der Waals surface area contributed by atoms with Crippen LogP contribution in [-0.4, -0.2) is 43.3 Å². The lowest BCUT2D eigenvalue weighted by molar-refractivity contribution is -0.141. The first-order chi connectivity index (χ1) is 19.1. The molecular weight excluding hydrogens is 605 g/mol. The number of anilines is 1. The summed E-state index contributed by atoms with van der Waals surface area (Å²) in [6.07, 6.45) is 0.268. The van der Waals surface area contributed by atoms with E-state index in [2.05, 4.69) is 5.32 Å². The number of nitrogens with one attached hydrogen (secondary N) is 1. The Morgan fingerprint density at radius 1 is 0.927 bits per heavy atom. The van der Waals surface area contributed by atoms with Crippen LogP contribution in [0.3, 0.4) is 0 Å². The highest BCUT2D eigenvalue weighted by Crippen LogP contribution is 2.29. The zero-order valence-corrected chi connectivity index (χ0v) is 26.7. The Morgan fingerprint density at radius 3 is 2.05 bits per heavy atom. The Morgan fingerprint density at radius 2 is 1.51 bits per heavy atom. The van der Waals surface area contributed by atoms with Gasteiger partial charge in [0.25, 0.3) is 10.0 Å². The topological polar surface area (TPSA) is 86.8 Å². The van der Waals surface area contributed by atoms with Gasteiger partial charge in [0.1, 0.15) is 12.6 Å². The van der Waals surface area contributed by atoms with E-state index in [1.807, 2.05) is 33.8 Å². The Kier molecular flexibility index (Phi) is 10.7. The molecule has 220 valence electrons. The van der Waals surface area contributed by atoms with Crippen LogP contribution in [0.25, 0.3) is 0 Å². The number of sulfonamides is 1. The minimum absolute atomic E-state index is 0.0329. The van der Waals surface area contributed by atoms with Gasteiger partial charge >= 0.3 is 0 Å². The van der Waals surface area contributed by atoms with Crippen molar-refractivity contribution in [3.63, 3.8) is 0 Å². The summed E-state index contributed by atoms with van der Waals surface area (Å²) in [6.45, 7) is 8.46. The first kappa shape index (κ1) is 32.7. The molecule has 0 aliphatic heterocycles. The highest BCUT2D eigenvalue weighted by Gasteiger charge is 2.35. The monoisotopic (exact) mass is 637 g/mol. The molecule has 0 heterocycles. The van der Waals surface area contributed by atoms with E-state index < -0.39 is 34.1 Å². The Bertz CT molecular complexity index is 1490. The van der Waals surface area contributed by atoms with Gasteiger partial charge in [-0.1, -0.05) is 59.9 Å². The van der Waals surface area contributed by atoms with E-state index in [4.69, 9.17) is 34.8 Å². The third-order valence-corrected chi connectivity index (χ3v) is 8.99. The zero-order valence-electron chi connectivity index (χ0n) is 23.6. The predicted octanol–water partition coefficient (Wildman–Crippen LogP) is 6.87. The maximum absolute atomic E-state index is 14.2. The fourth-order valence-corrected chi connectivity index (χ4v) is 6.32. The molecule has 0 bridgehead atoms. The van der Waals surface area contributed by atoms with Crippen LogP contribution in [0.2, 0.25) is 15.1 Å². The number of halogens is 3. The third-order valence-electron chi connectivity index (χ3n) is 6.24. The molecule has 0 aromatic heterocycles. The molecule has 1 atom stereocenters. The number of amides is 2. The van der Waals surface area contributed by atoms with Gasteiger partial charge in [0.2, 0.25) is 11.8 Å². The predicted molar refractivity (Wildman–Crippen MR) is 166 cm³/mol. The van der Waals surface area contributed by atoms with Crippen molar-refractivity contribution in [2.75, 3.05) is 10.8 Å². The molecule has 0 aliphatic carbocycles. The molecular formula is C30H34Cl3N3O4S. The van der Waals surface area contributed by atoms with Crippen molar-refractivity contribution in [1.29, 1.82) is 0 Å². The van der Waals surface area contributed by atoms with Crippen LogP contribution in [0.1, 0.15) is 45.2 Å². The molecule has 11 heteroatoms. The average molecular weight is 639 g/mol. The minimum atomic E-state index is -4.21. The number of hydrogen-bond acceptors (Lipinski definition) is 4. The molecule has 41 heavy (non-hydrogen) atoms. The summed E-state index contributed by atoms with van der Waals surface area (Å²) < 4.78 is 28.9. The van der Waals surface area contributed by atoms with E-state index in [9.17, 15) is 18.0 Å². The molecule has 1 N–H and O–H groups in total. The largest absolute Gasteiger partial charge is 0.350 e. The van der Waals surface area contributed by atoms with Crippen LogP contribution in [0.15, 0.2) is 71.6 Å². The van der Waals surface area contributed by atoms with Gasteiger partial charge in [0, 0.05) is 32.7 Å². The van der Waals surface area contributed by atoms with Crippen LogP contribution >= 0.6 is 34.8 Å². The van der Waals surface area contributed by atoms with Crippen molar-refractivity contribution < 1.29 is 18.0 Å². The van der Waals surface area contributed by atoms with Crippen molar-refractivity contribution in [3.8, 4) is 0 Å². The standard InChI is InChI=1S/C30H34Cl3N3O4S/c1-6-27(29(38)34-30(3,4)5)35(18-24-25(32)11-8-12-26(24)33)28(37)19-36(22-10-7-9-20(2)17-22)41(39,40)23-15-13-21(31)14-16-23/h7-17,27H,6,18-19H2,1-5H3,(H,34,38)/t27-/m1/s1. The lowest BCUT2D eigenvalue weighted by atomic mass is 10.1. The van der Waals surface area contributed by atoms with Gasteiger partial charge in [0.15, 0.2) is 0 Å². The summed E-state index contributed by atoms with van der Waals surface area (Å²) in [5.41, 5.74) is 0.999. The van der Waals surface area contributed by atoms with Crippen LogP contribution in [0, 0.1) is 6.92 Å². The molecule has 0 saturated heterocycles. The summed E-state index contributed by atoms with van der Waals surface area (Å²) in [4.78, 5) is 28.9. The molecule has 0 unspecified atom stereocenters. The molecule has 3 rings (SSSR count). The molecule has 0 aliphatic rings. The summed E-state index contributed by atoms with van der Waals surface area (Å²) in [7, 11) is -4.21. The van der Waals surface area contributed by atoms with E-state index in [0.29, 0.717) is 26.3 Å². The molecule has 3 aromatic carbocycles. The first-order valence-electron chi connectivity index (χ1n) is 13.0. The summed E-state index contributed by atoms with van der Waals surface area (Å²) in [5.74, 6) is -0.977. The number of benzene rings is 3. The zero-order chi connectivity index (χ0) is 30.5. The van der Waals surface area contributed by atoms with Crippen molar-refractivity contribution >= 4 is 62.3 Å². The maximum Gasteiger partial charge on any atom is 0.264 e. The minimum Gasteiger partial charge on any atom is -0.350 e. The normalized spacial score (nSPS) is 12.5. The van der Waals surface area contributed by atoms with E-state index in [0.717, 1.165) is 9.87 Å². The van der Waals surface area contributed by atoms with Crippen molar-refractivity contribution in [1.82, 2.24) is 10.2 Å². The Labute approximate surface area is 257 Å². The second kappa shape index (κ2) is 13.5. The van der Waals surface area contributed by atoms with E-state index in [1.165, 1.54) is 29.2 Å². The van der Waals surface area contributed by atoms with Gasteiger partial charge < -0.3 is 10.2 Å². The number of aryl methyl sites for hydroxylation is 1. The maximum atomic E-state index is 14.2.